The van der Waals surface area contributed by atoms with Gasteiger partial charge in [0.25, 0.3) is 0 Å². The van der Waals surface area contributed by atoms with E-state index in [1.165, 1.54) is 0 Å². The van der Waals surface area contributed by atoms with Gasteiger partial charge in [0, 0.05) is 19.4 Å². The van der Waals surface area contributed by atoms with Crippen LogP contribution in [0.25, 0.3) is 0 Å². The van der Waals surface area contributed by atoms with E-state index in [1.807, 2.05) is 19.1 Å². The molecule has 0 aromatic carbocycles. The Bertz CT molecular complexity index is 317. The Morgan fingerprint density at radius 2 is 2.33 bits per heavy atom. The van der Waals surface area contributed by atoms with Gasteiger partial charge in [0.05, 0.1) is 6.10 Å². The number of hydrogen-bond donors (Lipinski definition) is 2. The molecule has 1 atom stereocenters. The zero-order valence-electron chi connectivity index (χ0n) is 9.12. The molecule has 4 nitrogen and oxygen atoms in total. The average Bonchev–Trinajstić information content (AvgIpc) is 2.58. The van der Waals surface area contributed by atoms with Gasteiger partial charge in [-0.15, -0.1) is 0 Å². The highest BCUT2D eigenvalue weighted by molar-refractivity contribution is 5.76. The van der Waals surface area contributed by atoms with Gasteiger partial charge in [-0.05, 0) is 26.0 Å². The summed E-state index contributed by atoms with van der Waals surface area (Å²) in [6.07, 6.45) is 0.485. The van der Waals surface area contributed by atoms with Crippen molar-refractivity contribution in [2.24, 2.45) is 0 Å². The smallest absolute Gasteiger partial charge is 0.220 e. The summed E-state index contributed by atoms with van der Waals surface area (Å²) >= 11 is 0. The Labute approximate surface area is 89.3 Å². The van der Waals surface area contributed by atoms with Crippen LogP contribution in [0.15, 0.2) is 16.5 Å². The number of rotatable bonds is 5. The zero-order chi connectivity index (χ0) is 11.3. The lowest BCUT2D eigenvalue weighted by Crippen LogP contribution is -2.30. The minimum absolute atomic E-state index is 0.0649. The molecule has 0 saturated heterocycles. The highest BCUT2D eigenvalue weighted by atomic mass is 16.3. The Hall–Kier alpha value is -1.29. The number of aryl methyl sites for hydroxylation is 2. The fourth-order valence-electron chi connectivity index (χ4n) is 1.21. The maximum Gasteiger partial charge on any atom is 0.220 e. The van der Waals surface area contributed by atoms with Crippen molar-refractivity contribution in [1.29, 1.82) is 0 Å². The molecule has 1 aromatic heterocycles. The first-order valence-electron chi connectivity index (χ1n) is 5.08. The number of aliphatic hydroxyl groups is 1. The molecular formula is C11H17NO3. The summed E-state index contributed by atoms with van der Waals surface area (Å²) in [6.45, 7) is 3.81. The number of amides is 1. The third-order valence-corrected chi connectivity index (χ3v) is 1.99. The monoisotopic (exact) mass is 211 g/mol. The van der Waals surface area contributed by atoms with Gasteiger partial charge in [-0.25, -0.2) is 0 Å². The van der Waals surface area contributed by atoms with Crippen molar-refractivity contribution in [3.05, 3.63) is 23.7 Å². The van der Waals surface area contributed by atoms with Crippen LogP contribution in [0.1, 0.15) is 24.9 Å². The van der Waals surface area contributed by atoms with E-state index in [1.54, 1.807) is 6.92 Å². The first-order chi connectivity index (χ1) is 7.08. The van der Waals surface area contributed by atoms with Crippen molar-refractivity contribution in [2.45, 2.75) is 32.8 Å². The lowest BCUT2D eigenvalue weighted by atomic mass is 10.2. The molecule has 1 aromatic rings. The van der Waals surface area contributed by atoms with Gasteiger partial charge in [0.2, 0.25) is 5.91 Å². The van der Waals surface area contributed by atoms with Gasteiger partial charge < -0.3 is 14.8 Å². The molecule has 1 rings (SSSR count). The molecule has 0 bridgehead atoms. The fraction of sp³-hybridized carbons (Fsp3) is 0.545. The molecule has 1 amide bonds. The molecule has 84 valence electrons. The van der Waals surface area contributed by atoms with Gasteiger partial charge in [0.15, 0.2) is 0 Å². The van der Waals surface area contributed by atoms with Crippen molar-refractivity contribution in [2.75, 3.05) is 6.54 Å². The molecule has 0 radical (unpaired) electrons. The second-order valence-electron chi connectivity index (χ2n) is 3.67. The molecule has 0 aliphatic carbocycles. The molecule has 0 aliphatic heterocycles. The Morgan fingerprint density at radius 3 is 2.87 bits per heavy atom. The lowest BCUT2D eigenvalue weighted by Gasteiger charge is -2.05. The quantitative estimate of drug-likeness (QED) is 0.764. The molecule has 0 spiro atoms. The lowest BCUT2D eigenvalue weighted by molar-refractivity contribution is -0.121. The number of furan rings is 1. The summed E-state index contributed by atoms with van der Waals surface area (Å²) < 4.78 is 5.33. The second kappa shape index (κ2) is 5.56. The molecule has 2 N–H and O–H groups in total. The predicted octanol–water partition coefficient (Wildman–Crippen LogP) is 1.02. The standard InChI is InChI=1S/C11H17NO3/c1-8(13)7-12-11(14)6-5-10-4-3-9(2)15-10/h3-4,8,13H,5-7H2,1-2H3,(H,12,14). The van der Waals surface area contributed by atoms with Gasteiger partial charge in [-0.3, -0.25) is 4.79 Å². The second-order valence-corrected chi connectivity index (χ2v) is 3.67. The SMILES string of the molecule is Cc1ccc(CCC(=O)NCC(C)O)o1. The van der Waals surface area contributed by atoms with E-state index < -0.39 is 6.10 Å². The van der Waals surface area contributed by atoms with E-state index in [9.17, 15) is 4.79 Å². The van der Waals surface area contributed by atoms with Gasteiger partial charge in [-0.2, -0.15) is 0 Å². The van der Waals surface area contributed by atoms with E-state index in [0.717, 1.165) is 11.5 Å². The molecule has 0 saturated carbocycles. The summed E-state index contributed by atoms with van der Waals surface area (Å²) in [5.41, 5.74) is 0. The molecule has 1 heterocycles. The molecule has 4 heteroatoms. The Morgan fingerprint density at radius 1 is 1.60 bits per heavy atom. The van der Waals surface area contributed by atoms with Crippen LogP contribution in [0, 0.1) is 6.92 Å². The van der Waals surface area contributed by atoms with Crippen molar-refractivity contribution in [1.82, 2.24) is 5.32 Å². The van der Waals surface area contributed by atoms with E-state index in [2.05, 4.69) is 5.32 Å². The molecule has 0 aliphatic rings. The normalized spacial score (nSPS) is 12.5. The van der Waals surface area contributed by atoms with Crippen molar-refractivity contribution in [3.8, 4) is 0 Å². The largest absolute Gasteiger partial charge is 0.466 e. The van der Waals surface area contributed by atoms with Crippen LogP contribution in [0.3, 0.4) is 0 Å². The van der Waals surface area contributed by atoms with E-state index in [-0.39, 0.29) is 5.91 Å². The van der Waals surface area contributed by atoms with Crippen molar-refractivity contribution < 1.29 is 14.3 Å². The van der Waals surface area contributed by atoms with Gasteiger partial charge >= 0.3 is 0 Å². The predicted molar refractivity (Wildman–Crippen MR) is 56.5 cm³/mol. The Balaban J connectivity index is 2.22. The van der Waals surface area contributed by atoms with E-state index >= 15 is 0 Å². The van der Waals surface area contributed by atoms with Crippen LogP contribution in [-0.2, 0) is 11.2 Å². The van der Waals surface area contributed by atoms with Crippen LogP contribution < -0.4 is 5.32 Å². The first-order valence-corrected chi connectivity index (χ1v) is 5.08. The summed E-state index contributed by atoms with van der Waals surface area (Å²) in [5.74, 6) is 1.61. The molecule has 15 heavy (non-hydrogen) atoms. The number of aliphatic hydroxyl groups excluding tert-OH is 1. The molecular weight excluding hydrogens is 194 g/mol. The van der Waals surface area contributed by atoms with E-state index in [0.29, 0.717) is 19.4 Å². The van der Waals surface area contributed by atoms with Crippen LogP contribution in [0.2, 0.25) is 0 Å². The third-order valence-electron chi connectivity index (χ3n) is 1.99. The minimum atomic E-state index is -0.500. The third kappa shape index (κ3) is 4.65. The van der Waals surface area contributed by atoms with Gasteiger partial charge in [0.1, 0.15) is 11.5 Å². The summed E-state index contributed by atoms with van der Waals surface area (Å²) in [6, 6.07) is 3.75. The van der Waals surface area contributed by atoms with Gasteiger partial charge in [-0.1, -0.05) is 0 Å². The summed E-state index contributed by atoms with van der Waals surface area (Å²) in [7, 11) is 0. The molecule has 1 unspecified atom stereocenters. The maximum absolute atomic E-state index is 11.3. The van der Waals surface area contributed by atoms with Crippen molar-refractivity contribution >= 4 is 5.91 Å². The molecule has 0 fully saturated rings. The topological polar surface area (TPSA) is 62.5 Å². The number of nitrogens with one attached hydrogen (secondary N) is 1. The summed E-state index contributed by atoms with van der Waals surface area (Å²) in [4.78, 5) is 11.3. The number of hydrogen-bond acceptors (Lipinski definition) is 3. The van der Waals surface area contributed by atoms with Crippen LogP contribution in [0.4, 0.5) is 0 Å². The number of carbonyl (C=O) groups is 1. The highest BCUT2D eigenvalue weighted by Gasteiger charge is 2.05. The zero-order valence-corrected chi connectivity index (χ0v) is 9.12. The average molecular weight is 211 g/mol. The van der Waals surface area contributed by atoms with Crippen LogP contribution in [0.5, 0.6) is 0 Å². The maximum atomic E-state index is 11.3. The fourth-order valence-corrected chi connectivity index (χ4v) is 1.21. The highest BCUT2D eigenvalue weighted by Crippen LogP contribution is 2.08. The Kier molecular flexibility index (Phi) is 4.37. The van der Waals surface area contributed by atoms with Crippen molar-refractivity contribution in [3.63, 3.8) is 0 Å². The summed E-state index contributed by atoms with van der Waals surface area (Å²) in [5, 5.41) is 11.6. The number of carbonyl (C=O) groups excluding carboxylic acids is 1. The first kappa shape index (κ1) is 11.8. The van der Waals surface area contributed by atoms with Crippen LogP contribution in [-0.4, -0.2) is 23.7 Å². The minimum Gasteiger partial charge on any atom is -0.466 e. The van der Waals surface area contributed by atoms with E-state index in [4.69, 9.17) is 9.52 Å². The van der Waals surface area contributed by atoms with Crippen LogP contribution >= 0.6 is 0 Å².